The summed E-state index contributed by atoms with van der Waals surface area (Å²) in [6.45, 7) is 2.23. The molecule has 142 valence electrons. The van der Waals surface area contributed by atoms with Crippen LogP contribution >= 0.6 is 0 Å². The van der Waals surface area contributed by atoms with Gasteiger partial charge >= 0.3 is 5.97 Å². The van der Waals surface area contributed by atoms with E-state index in [2.05, 4.69) is 10.5 Å². The van der Waals surface area contributed by atoms with Crippen LogP contribution in [0.5, 0.6) is 0 Å². The van der Waals surface area contributed by atoms with Gasteiger partial charge in [-0.2, -0.15) is 5.26 Å². The Bertz CT molecular complexity index is 1080. The zero-order valence-electron chi connectivity index (χ0n) is 15.2. The van der Waals surface area contributed by atoms with Crippen molar-refractivity contribution in [2.45, 2.75) is 19.8 Å². The lowest BCUT2D eigenvalue weighted by Crippen LogP contribution is -2.17. The van der Waals surface area contributed by atoms with Crippen molar-refractivity contribution in [1.82, 2.24) is 5.16 Å². The molecule has 0 unspecified atom stereocenters. The van der Waals surface area contributed by atoms with E-state index in [-0.39, 0.29) is 29.1 Å². The number of nitrogens with two attached hydrogens (primary N) is 1. The Hall–Kier alpha value is -3.86. The Balaban J connectivity index is 1.90. The van der Waals surface area contributed by atoms with E-state index in [4.69, 9.17) is 20.3 Å². The van der Waals surface area contributed by atoms with Gasteiger partial charge in [-0.3, -0.25) is 4.79 Å². The average molecular weight is 378 g/mol. The number of nitrogen functional groups attached to an aromatic ring is 1. The number of aromatic nitrogens is 1. The van der Waals surface area contributed by atoms with Crippen molar-refractivity contribution in [1.29, 1.82) is 5.26 Å². The van der Waals surface area contributed by atoms with E-state index in [0.717, 1.165) is 12.8 Å². The van der Waals surface area contributed by atoms with Gasteiger partial charge in [-0.1, -0.05) is 18.5 Å². The van der Waals surface area contributed by atoms with E-state index in [1.54, 1.807) is 18.2 Å². The first kappa shape index (κ1) is 18.9. The van der Waals surface area contributed by atoms with Gasteiger partial charge in [0.25, 0.3) is 5.91 Å². The number of rotatable bonds is 6. The van der Waals surface area contributed by atoms with E-state index >= 15 is 0 Å². The molecule has 1 heterocycles. The van der Waals surface area contributed by atoms with Gasteiger partial charge in [0, 0.05) is 5.69 Å². The number of nitriles is 1. The van der Waals surface area contributed by atoms with E-state index in [9.17, 15) is 9.59 Å². The van der Waals surface area contributed by atoms with Crippen LogP contribution in [0.1, 0.15) is 46.2 Å². The highest BCUT2D eigenvalue weighted by Gasteiger charge is 2.20. The smallest absolute Gasteiger partial charge is 0.340 e. The normalized spacial score (nSPS) is 10.4. The molecule has 0 atom stereocenters. The Morgan fingerprint density at radius 3 is 2.86 bits per heavy atom. The van der Waals surface area contributed by atoms with Crippen LogP contribution < -0.4 is 11.1 Å². The molecule has 0 aliphatic rings. The summed E-state index contributed by atoms with van der Waals surface area (Å²) >= 11 is 0. The summed E-state index contributed by atoms with van der Waals surface area (Å²) in [6.07, 6.45) is 1.59. The minimum absolute atomic E-state index is 0.0389. The van der Waals surface area contributed by atoms with Gasteiger partial charge in [0.1, 0.15) is 0 Å². The Labute approximate surface area is 160 Å². The molecule has 1 aromatic heterocycles. The quantitative estimate of drug-likeness (QED) is 0.381. The fraction of sp³-hybridized carbons (Fsp3) is 0.200. The van der Waals surface area contributed by atoms with Crippen molar-refractivity contribution >= 4 is 34.2 Å². The average Bonchev–Trinajstić information content (AvgIpc) is 3.11. The van der Waals surface area contributed by atoms with Gasteiger partial charge < -0.3 is 20.3 Å². The number of anilines is 2. The second kappa shape index (κ2) is 8.22. The van der Waals surface area contributed by atoms with Gasteiger partial charge in [-0.25, -0.2) is 4.79 Å². The summed E-state index contributed by atoms with van der Waals surface area (Å²) in [7, 11) is 0. The second-order valence-electron chi connectivity index (χ2n) is 6.10. The third kappa shape index (κ3) is 3.94. The van der Waals surface area contributed by atoms with Gasteiger partial charge in [0.05, 0.1) is 34.9 Å². The van der Waals surface area contributed by atoms with Crippen molar-refractivity contribution in [2.75, 3.05) is 17.7 Å². The van der Waals surface area contributed by atoms with E-state index in [1.807, 2.05) is 13.0 Å². The third-order valence-electron chi connectivity index (χ3n) is 4.06. The lowest BCUT2D eigenvalue weighted by atomic mass is 10.1. The molecule has 3 N–H and O–H groups in total. The summed E-state index contributed by atoms with van der Waals surface area (Å²) in [4.78, 5) is 25.1. The topological polar surface area (TPSA) is 131 Å². The number of nitrogens with one attached hydrogen (secondary N) is 1. The number of hydrogen-bond donors (Lipinski definition) is 2. The number of carbonyl (C=O) groups excluding carboxylic acids is 2. The van der Waals surface area contributed by atoms with Crippen LogP contribution in [0.2, 0.25) is 0 Å². The molecule has 0 radical (unpaired) electrons. The Morgan fingerprint density at radius 1 is 1.29 bits per heavy atom. The van der Waals surface area contributed by atoms with Crippen LogP contribution in [0.25, 0.3) is 11.0 Å². The van der Waals surface area contributed by atoms with Crippen LogP contribution in [0.3, 0.4) is 0 Å². The highest BCUT2D eigenvalue weighted by Crippen LogP contribution is 2.24. The first-order chi connectivity index (χ1) is 13.5. The first-order valence-corrected chi connectivity index (χ1v) is 8.71. The minimum Gasteiger partial charge on any atom is -0.462 e. The Kier molecular flexibility index (Phi) is 5.56. The number of amides is 1. The maximum absolute atomic E-state index is 12.7. The van der Waals surface area contributed by atoms with Gasteiger partial charge in [-0.15, -0.1) is 0 Å². The summed E-state index contributed by atoms with van der Waals surface area (Å²) in [5, 5.41) is 16.0. The zero-order chi connectivity index (χ0) is 20.1. The molecule has 0 saturated heterocycles. The molecular formula is C20H18N4O4. The molecule has 0 aliphatic heterocycles. The number of unbranched alkanes of at least 4 members (excludes halogenated alkanes) is 1. The van der Waals surface area contributed by atoms with Gasteiger partial charge in [-0.05, 0) is 42.8 Å². The number of carbonyl (C=O) groups is 2. The van der Waals surface area contributed by atoms with E-state index in [0.29, 0.717) is 16.7 Å². The summed E-state index contributed by atoms with van der Waals surface area (Å²) in [5.74, 6) is -1.19. The molecule has 1 amide bonds. The lowest BCUT2D eigenvalue weighted by Gasteiger charge is -2.11. The van der Waals surface area contributed by atoms with Crippen LogP contribution in [-0.2, 0) is 4.74 Å². The molecule has 2 aromatic carbocycles. The van der Waals surface area contributed by atoms with E-state index < -0.39 is 11.9 Å². The third-order valence-corrected chi connectivity index (χ3v) is 4.06. The predicted octanol–water partition coefficient (Wildman–Crippen LogP) is 3.49. The molecule has 3 rings (SSSR count). The molecular weight excluding hydrogens is 360 g/mol. The number of ether oxygens (including phenoxy) is 1. The SMILES string of the molecule is CCCCOC(=O)c1cc(C#N)ccc1NC(=O)c1noc2ccc(N)cc12. The minimum atomic E-state index is -0.616. The molecule has 8 nitrogen and oxygen atoms in total. The summed E-state index contributed by atoms with van der Waals surface area (Å²) in [5.41, 5.74) is 7.27. The second-order valence-corrected chi connectivity index (χ2v) is 6.10. The molecule has 3 aromatic rings. The van der Waals surface area contributed by atoms with Crippen LogP contribution in [0.4, 0.5) is 11.4 Å². The van der Waals surface area contributed by atoms with Crippen molar-refractivity contribution in [3.63, 3.8) is 0 Å². The predicted molar refractivity (Wildman–Crippen MR) is 103 cm³/mol. The number of hydrogen-bond acceptors (Lipinski definition) is 7. The Morgan fingerprint density at radius 2 is 2.11 bits per heavy atom. The van der Waals surface area contributed by atoms with Gasteiger partial charge in [0.2, 0.25) is 0 Å². The van der Waals surface area contributed by atoms with Crippen molar-refractivity contribution < 1.29 is 18.8 Å². The molecule has 0 saturated carbocycles. The number of benzene rings is 2. The zero-order valence-corrected chi connectivity index (χ0v) is 15.2. The maximum Gasteiger partial charge on any atom is 0.340 e. The molecule has 28 heavy (non-hydrogen) atoms. The summed E-state index contributed by atoms with van der Waals surface area (Å²) in [6, 6.07) is 11.2. The standard InChI is InChI=1S/C20H18N4O4/c1-2-3-8-27-20(26)14-9-12(11-21)4-6-16(14)23-19(25)18-15-10-13(22)5-7-17(15)28-24-18/h4-7,9-10H,2-3,8,22H2,1H3,(H,23,25). The molecule has 0 spiro atoms. The summed E-state index contributed by atoms with van der Waals surface area (Å²) < 4.78 is 10.4. The first-order valence-electron chi connectivity index (χ1n) is 8.71. The van der Waals surface area contributed by atoms with Crippen LogP contribution in [0.15, 0.2) is 40.9 Å². The number of esters is 1. The lowest BCUT2D eigenvalue weighted by molar-refractivity contribution is 0.0501. The van der Waals surface area contributed by atoms with Crippen molar-refractivity contribution in [3.05, 3.63) is 53.2 Å². The van der Waals surface area contributed by atoms with Crippen LogP contribution in [-0.4, -0.2) is 23.6 Å². The molecule has 0 fully saturated rings. The number of fused-ring (bicyclic) bond motifs is 1. The molecule has 0 bridgehead atoms. The van der Waals surface area contributed by atoms with E-state index in [1.165, 1.54) is 18.2 Å². The van der Waals surface area contributed by atoms with Crippen molar-refractivity contribution in [3.8, 4) is 6.07 Å². The maximum atomic E-state index is 12.7. The molecule has 8 heteroatoms. The highest BCUT2D eigenvalue weighted by molar-refractivity contribution is 6.13. The fourth-order valence-electron chi connectivity index (χ4n) is 2.58. The largest absolute Gasteiger partial charge is 0.462 e. The number of nitrogens with zero attached hydrogens (tertiary/aromatic N) is 2. The highest BCUT2D eigenvalue weighted by atomic mass is 16.5. The molecule has 0 aliphatic carbocycles. The monoisotopic (exact) mass is 378 g/mol. The fourth-order valence-corrected chi connectivity index (χ4v) is 2.58. The van der Waals surface area contributed by atoms with Gasteiger partial charge in [0.15, 0.2) is 11.3 Å². The van der Waals surface area contributed by atoms with Crippen LogP contribution in [0, 0.1) is 11.3 Å². The van der Waals surface area contributed by atoms with Crippen molar-refractivity contribution in [2.24, 2.45) is 0 Å².